The quantitative estimate of drug-likeness (QED) is 0.262. The molecule has 0 saturated heterocycles. The van der Waals surface area contributed by atoms with Crippen LogP contribution in [0.3, 0.4) is 0 Å². The van der Waals surface area contributed by atoms with Crippen molar-refractivity contribution < 1.29 is 39.0 Å². The first-order valence-electron chi connectivity index (χ1n) is 3.55. The van der Waals surface area contributed by atoms with Crippen LogP contribution in [0, 0.1) is 0 Å². The Morgan fingerprint density at radius 2 is 0.875 bits per heavy atom. The first kappa shape index (κ1) is 30.3. The Balaban J connectivity index is -0.0000000393. The van der Waals surface area contributed by atoms with Crippen molar-refractivity contribution in [1.82, 2.24) is 9.80 Å². The average Bonchev–Trinajstić information content (AvgIpc) is 2.08. The number of nitrogens with zero attached hydrogens (tertiary/aromatic N) is 2. The number of rotatable bonds is 0. The van der Waals surface area contributed by atoms with E-state index in [1.54, 1.807) is 9.80 Å². The van der Waals surface area contributed by atoms with E-state index in [4.69, 9.17) is 0 Å². The van der Waals surface area contributed by atoms with Crippen LogP contribution in [0.15, 0.2) is 13.2 Å². The molecule has 0 amide bonds. The van der Waals surface area contributed by atoms with Crippen molar-refractivity contribution in [3.8, 4) is 0 Å². The Bertz CT molecular complexity index is 159. The molecule has 0 aromatic rings. The van der Waals surface area contributed by atoms with E-state index in [1.165, 1.54) is 0 Å². The summed E-state index contributed by atoms with van der Waals surface area (Å²) in [6, 6.07) is 0. The summed E-state index contributed by atoms with van der Waals surface area (Å²) in [4.78, 5) is 3.43. The van der Waals surface area contributed by atoms with E-state index in [0.29, 0.717) is 8.64 Å². The van der Waals surface area contributed by atoms with E-state index >= 15 is 0 Å². The first-order valence-corrected chi connectivity index (χ1v) is 5.19. The standard InChI is InChI=1S/2C3H7NS2.C2H4.2Zn/c2*1-4(2)3(5)6;1-2;;/h2*1-2H3,(H,5,6);1-2H2;;/q;;;2*+2/p-2. The molecule has 0 radical (unpaired) electrons. The summed E-state index contributed by atoms with van der Waals surface area (Å²) in [5.41, 5.74) is 0. The second kappa shape index (κ2) is 21.5. The van der Waals surface area contributed by atoms with E-state index in [1.807, 2.05) is 28.2 Å². The van der Waals surface area contributed by atoms with Gasteiger partial charge in [0.05, 0.1) is 0 Å². The molecular weight excluding hydrogens is 383 g/mol. The molecule has 0 aliphatic heterocycles. The Kier molecular flexibility index (Phi) is 40.7. The molecule has 0 aromatic heterocycles. The van der Waals surface area contributed by atoms with Gasteiger partial charge in [-0.05, 0) is 0 Å². The molecule has 2 nitrogen and oxygen atoms in total. The maximum atomic E-state index is 4.56. The Hall–Kier alpha value is 1.21. The van der Waals surface area contributed by atoms with Crippen LogP contribution in [0.2, 0.25) is 0 Å². The van der Waals surface area contributed by atoms with Gasteiger partial charge in [0.25, 0.3) is 0 Å². The van der Waals surface area contributed by atoms with Gasteiger partial charge in [-0.1, -0.05) is 8.64 Å². The minimum absolute atomic E-state index is 0. The van der Waals surface area contributed by atoms with Crippen LogP contribution < -0.4 is 0 Å². The van der Waals surface area contributed by atoms with Crippen LogP contribution in [0.5, 0.6) is 0 Å². The van der Waals surface area contributed by atoms with Crippen molar-refractivity contribution in [3.05, 3.63) is 13.2 Å². The number of hydrogen-bond acceptors (Lipinski definition) is 4. The zero-order valence-electron chi connectivity index (χ0n) is 10.4. The zero-order chi connectivity index (χ0) is 12.3. The molecule has 0 rings (SSSR count). The van der Waals surface area contributed by atoms with Crippen LogP contribution in [-0.2, 0) is 64.2 Å². The Morgan fingerprint density at radius 3 is 0.875 bits per heavy atom. The third kappa shape index (κ3) is 36.2. The number of thiocarbonyl (C=S) groups is 2. The third-order valence-corrected chi connectivity index (χ3v) is 2.19. The minimum Gasteiger partial charge on any atom is -0.411 e. The van der Waals surface area contributed by atoms with Crippen LogP contribution in [0.4, 0.5) is 0 Å². The molecule has 0 aliphatic carbocycles. The largest absolute Gasteiger partial charge is 2.00 e. The van der Waals surface area contributed by atoms with Crippen molar-refractivity contribution >= 4 is 58.3 Å². The van der Waals surface area contributed by atoms with Crippen molar-refractivity contribution in [2.75, 3.05) is 28.2 Å². The van der Waals surface area contributed by atoms with Crippen LogP contribution in [0.25, 0.3) is 0 Å². The van der Waals surface area contributed by atoms with Gasteiger partial charge in [-0.2, -0.15) is 0 Å². The summed E-state index contributed by atoms with van der Waals surface area (Å²) in [7, 11) is 7.31. The van der Waals surface area contributed by atoms with E-state index in [0.717, 1.165) is 0 Å². The molecule has 0 fully saturated rings. The average molecular weight is 399 g/mol. The van der Waals surface area contributed by atoms with E-state index in [-0.39, 0.29) is 39.0 Å². The van der Waals surface area contributed by atoms with Gasteiger partial charge < -0.3 is 59.5 Å². The summed E-state index contributed by atoms with van der Waals surface area (Å²) in [6.07, 6.45) is 0. The molecule has 0 unspecified atom stereocenters. The summed E-state index contributed by atoms with van der Waals surface area (Å²) in [5, 5.41) is 0. The molecule has 8 heteroatoms. The van der Waals surface area contributed by atoms with Crippen LogP contribution in [-0.4, -0.2) is 46.6 Å². The summed E-state index contributed by atoms with van der Waals surface area (Å²) in [5.74, 6) is 0. The Morgan fingerprint density at radius 1 is 0.812 bits per heavy atom. The number of hydrogen-bond donors (Lipinski definition) is 0. The summed E-state index contributed by atoms with van der Waals surface area (Å²) >= 11 is 18.2. The van der Waals surface area contributed by atoms with E-state index < -0.39 is 0 Å². The molecule has 0 aliphatic rings. The first-order chi connectivity index (χ1) is 6.29. The molecule has 84 valence electrons. The van der Waals surface area contributed by atoms with Gasteiger partial charge in [-0.3, -0.25) is 0 Å². The fraction of sp³-hybridized carbons (Fsp3) is 0.500. The van der Waals surface area contributed by atoms with E-state index in [2.05, 4.69) is 62.9 Å². The molecule has 0 heterocycles. The smallest absolute Gasteiger partial charge is 0.411 e. The SMILES string of the molecule is C=C.CN(C)C(=S)[S-].CN(C)C(=S)[S-].[Zn+2].[Zn+2]. The van der Waals surface area contributed by atoms with Gasteiger partial charge >= 0.3 is 39.0 Å². The second-order valence-electron chi connectivity index (χ2n) is 2.32. The van der Waals surface area contributed by atoms with Gasteiger partial charge in [0.1, 0.15) is 0 Å². The molecule has 0 atom stereocenters. The molecular formula is C8H16N2S4Zn2+2. The maximum absolute atomic E-state index is 4.56. The molecule has 0 bridgehead atoms. The van der Waals surface area contributed by atoms with Gasteiger partial charge in [0.15, 0.2) is 0 Å². The van der Waals surface area contributed by atoms with Gasteiger partial charge in [0.2, 0.25) is 0 Å². The molecule has 16 heavy (non-hydrogen) atoms. The van der Waals surface area contributed by atoms with Crippen LogP contribution in [0.1, 0.15) is 0 Å². The summed E-state index contributed by atoms with van der Waals surface area (Å²) in [6.45, 7) is 6.00. The van der Waals surface area contributed by atoms with Crippen molar-refractivity contribution in [2.24, 2.45) is 0 Å². The zero-order valence-corrected chi connectivity index (χ0v) is 19.6. The normalized spacial score (nSPS) is 6.00. The van der Waals surface area contributed by atoms with Crippen molar-refractivity contribution in [1.29, 1.82) is 0 Å². The predicted octanol–water partition coefficient (Wildman–Crippen LogP) is 1.56. The second-order valence-corrected chi connectivity index (χ2v) is 4.38. The van der Waals surface area contributed by atoms with Gasteiger partial charge in [-0.25, -0.2) is 0 Å². The van der Waals surface area contributed by atoms with Gasteiger partial charge in [-0.15, -0.1) is 13.2 Å². The Labute approximate surface area is 147 Å². The van der Waals surface area contributed by atoms with E-state index in [9.17, 15) is 0 Å². The van der Waals surface area contributed by atoms with Crippen molar-refractivity contribution in [2.45, 2.75) is 0 Å². The summed E-state index contributed by atoms with van der Waals surface area (Å²) < 4.78 is 1.02. The van der Waals surface area contributed by atoms with Gasteiger partial charge in [0, 0.05) is 28.2 Å². The minimum atomic E-state index is 0. The molecule has 0 saturated carbocycles. The fourth-order valence-corrected chi connectivity index (χ4v) is 0. The molecule has 0 aromatic carbocycles. The molecule has 0 spiro atoms. The fourth-order valence-electron chi connectivity index (χ4n) is 0. The van der Waals surface area contributed by atoms with Crippen LogP contribution >= 0.6 is 24.4 Å². The molecule has 0 N–H and O–H groups in total. The predicted molar refractivity (Wildman–Crippen MR) is 78.6 cm³/mol. The maximum Gasteiger partial charge on any atom is 2.00 e. The topological polar surface area (TPSA) is 6.48 Å². The third-order valence-electron chi connectivity index (χ3n) is 0.730. The monoisotopic (exact) mass is 396 g/mol. The van der Waals surface area contributed by atoms with Crippen molar-refractivity contribution in [3.63, 3.8) is 0 Å².